The third-order valence-electron chi connectivity index (χ3n) is 13.6. The topological polar surface area (TPSA) is 177 Å². The molecule has 17 atom stereocenters. The lowest BCUT2D eigenvalue weighted by molar-refractivity contribution is -0.336. The van der Waals surface area contributed by atoms with Crippen molar-refractivity contribution in [2.45, 2.75) is 193 Å². The van der Waals surface area contributed by atoms with Gasteiger partial charge in [-0.1, -0.05) is 55.4 Å². The first-order valence-electron chi connectivity index (χ1n) is 20.5. The van der Waals surface area contributed by atoms with E-state index in [1.807, 2.05) is 27.7 Å². The van der Waals surface area contributed by atoms with Gasteiger partial charge in [0.25, 0.3) is 0 Å². The Kier molecular flexibility index (Phi) is 13.0. The van der Waals surface area contributed by atoms with Crippen molar-refractivity contribution in [3.63, 3.8) is 0 Å². The van der Waals surface area contributed by atoms with E-state index < -0.39 is 71.5 Å². The molecule has 1 unspecified atom stereocenters. The van der Waals surface area contributed by atoms with Gasteiger partial charge in [0.15, 0.2) is 11.6 Å². The lowest BCUT2D eigenvalue weighted by atomic mass is 9.78. The summed E-state index contributed by atoms with van der Waals surface area (Å²) in [4.78, 5) is 37.7. The quantitative estimate of drug-likeness (QED) is 0.216. The number of carbonyl (C=O) groups is 3. The molecule has 0 amide bonds. The summed E-state index contributed by atoms with van der Waals surface area (Å²) < 4.78 is 45.8. The number of ether oxygens (including phenoxy) is 7. The van der Waals surface area contributed by atoms with Gasteiger partial charge in [-0.2, -0.15) is 0 Å². The lowest BCUT2D eigenvalue weighted by Gasteiger charge is -2.49. The van der Waals surface area contributed by atoms with E-state index in [0.29, 0.717) is 19.3 Å². The fourth-order valence-electron chi connectivity index (χ4n) is 10.1. The highest BCUT2D eigenvalue weighted by atomic mass is 16.7. The minimum Gasteiger partial charge on any atom is -0.481 e. The zero-order valence-electron chi connectivity index (χ0n) is 34.4. The Balaban J connectivity index is 1.34. The first-order chi connectivity index (χ1) is 25.1. The second-order valence-electron chi connectivity index (χ2n) is 18.4. The summed E-state index contributed by atoms with van der Waals surface area (Å²) >= 11 is 0. The van der Waals surface area contributed by atoms with Gasteiger partial charge < -0.3 is 48.5 Å². The van der Waals surface area contributed by atoms with Crippen molar-refractivity contribution in [1.29, 1.82) is 0 Å². The van der Waals surface area contributed by atoms with Crippen molar-refractivity contribution >= 4 is 17.9 Å². The van der Waals surface area contributed by atoms with Crippen molar-refractivity contribution in [1.82, 2.24) is 0 Å². The minimum absolute atomic E-state index is 0.0993. The second kappa shape index (κ2) is 16.2. The largest absolute Gasteiger partial charge is 0.481 e. The Bertz CT molecular complexity index is 1360. The highest BCUT2D eigenvalue weighted by molar-refractivity contribution is 5.73. The number of carboxylic acid groups (broad SMARTS) is 1. The maximum Gasteiger partial charge on any atom is 0.309 e. The lowest BCUT2D eigenvalue weighted by Crippen LogP contribution is -2.58. The normalized spacial score (nSPS) is 45.7. The molecule has 13 heteroatoms. The van der Waals surface area contributed by atoms with E-state index in [9.17, 15) is 29.7 Å². The number of hydrogen-bond acceptors (Lipinski definition) is 12. The molecule has 5 fully saturated rings. The van der Waals surface area contributed by atoms with E-state index in [2.05, 4.69) is 20.8 Å². The van der Waals surface area contributed by atoms with Crippen molar-refractivity contribution in [2.75, 3.05) is 6.61 Å². The fourth-order valence-corrected chi connectivity index (χ4v) is 10.1. The van der Waals surface area contributed by atoms with Crippen molar-refractivity contribution < 1.29 is 62.9 Å². The highest BCUT2D eigenvalue weighted by Gasteiger charge is 2.62. The first-order valence-corrected chi connectivity index (χ1v) is 20.5. The molecule has 0 aromatic rings. The Labute approximate surface area is 321 Å². The van der Waals surface area contributed by atoms with Gasteiger partial charge in [0.2, 0.25) is 0 Å². The molecule has 0 saturated carbocycles. The molecule has 0 aliphatic carbocycles. The third-order valence-corrected chi connectivity index (χ3v) is 13.6. The molecule has 13 nitrogen and oxygen atoms in total. The van der Waals surface area contributed by atoms with Crippen LogP contribution in [-0.2, 0) is 47.5 Å². The molecule has 3 N–H and O–H groups in total. The van der Waals surface area contributed by atoms with E-state index >= 15 is 0 Å². The Morgan fingerprint density at radius 2 is 1.59 bits per heavy atom. The number of rotatable bonds is 12. The molecule has 5 saturated heterocycles. The van der Waals surface area contributed by atoms with E-state index in [1.165, 1.54) is 6.92 Å². The molecular formula is C41H68O13. The van der Waals surface area contributed by atoms with Gasteiger partial charge in [0.05, 0.1) is 60.2 Å². The Morgan fingerprint density at radius 1 is 0.907 bits per heavy atom. The van der Waals surface area contributed by atoms with Crippen LogP contribution >= 0.6 is 0 Å². The molecule has 5 aliphatic rings. The van der Waals surface area contributed by atoms with Gasteiger partial charge in [-0.15, -0.1) is 0 Å². The van der Waals surface area contributed by atoms with Crippen LogP contribution in [0.25, 0.3) is 0 Å². The zero-order chi connectivity index (χ0) is 40.1. The standard InChI is InChI=1S/C41H68O13/c1-12-31(43)50-33(27(9)36(44)45)26(8)34-25(7)29(49-37(46)21(2)3)19-40(52-34)16-15-38(10,54-40)30-13-14-39(11,51-30)35-23(5)18-28(48-35)32-22(4)17-24(6)41(47,20-42)53-32/h21-30,32-35,42,47H,12-20H2,1-11H3,(H,44,45)/t22-,23-,24+,25+,26-,27+,28+,29-,30+,32-,33+,34-,35?,38-,39-,40+,41-/m0/s1. The van der Waals surface area contributed by atoms with E-state index in [4.69, 9.17) is 33.2 Å². The van der Waals surface area contributed by atoms with Crippen LogP contribution in [0.5, 0.6) is 0 Å². The average molecular weight is 769 g/mol. The minimum atomic E-state index is -1.59. The molecule has 0 radical (unpaired) electrons. The molecule has 310 valence electrons. The third kappa shape index (κ3) is 8.38. The fraction of sp³-hybridized carbons (Fsp3) is 0.927. The molecule has 0 aromatic heterocycles. The molecule has 0 bridgehead atoms. The van der Waals surface area contributed by atoms with E-state index in [-0.39, 0.29) is 66.4 Å². The summed E-state index contributed by atoms with van der Waals surface area (Å²) in [7, 11) is 0. The summed E-state index contributed by atoms with van der Waals surface area (Å²) in [6.07, 6.45) is 1.11. The molecule has 1 spiro atoms. The summed E-state index contributed by atoms with van der Waals surface area (Å²) in [6.45, 7) is 20.3. The smallest absolute Gasteiger partial charge is 0.309 e. The van der Waals surface area contributed by atoms with Gasteiger partial charge in [0.1, 0.15) is 12.2 Å². The predicted molar refractivity (Wildman–Crippen MR) is 196 cm³/mol. The monoisotopic (exact) mass is 768 g/mol. The number of carbonyl (C=O) groups excluding carboxylic acids is 2. The predicted octanol–water partition coefficient (Wildman–Crippen LogP) is 5.40. The first kappa shape index (κ1) is 43.3. The van der Waals surface area contributed by atoms with Crippen molar-refractivity contribution in [3.8, 4) is 0 Å². The van der Waals surface area contributed by atoms with Crippen LogP contribution in [0.15, 0.2) is 0 Å². The molecule has 5 heterocycles. The zero-order valence-corrected chi connectivity index (χ0v) is 34.4. The Morgan fingerprint density at radius 3 is 2.20 bits per heavy atom. The van der Waals surface area contributed by atoms with E-state index in [1.54, 1.807) is 20.8 Å². The average Bonchev–Trinajstić information content (AvgIpc) is 3.81. The van der Waals surface area contributed by atoms with Crippen LogP contribution in [0.2, 0.25) is 0 Å². The summed E-state index contributed by atoms with van der Waals surface area (Å²) in [6, 6.07) is 0. The number of aliphatic hydroxyl groups excluding tert-OH is 1. The maximum atomic E-state index is 13.0. The molecule has 5 aliphatic heterocycles. The maximum absolute atomic E-state index is 13.0. The number of aliphatic carboxylic acids is 1. The number of carboxylic acids is 1. The molecule has 5 rings (SSSR count). The number of aliphatic hydroxyl groups is 2. The van der Waals surface area contributed by atoms with Crippen molar-refractivity contribution in [2.24, 2.45) is 41.4 Å². The van der Waals surface area contributed by atoms with Gasteiger partial charge >= 0.3 is 17.9 Å². The number of hydrogen-bond donors (Lipinski definition) is 3. The summed E-state index contributed by atoms with van der Waals surface area (Å²) in [5.41, 5.74) is -1.37. The molecular weight excluding hydrogens is 700 g/mol. The van der Waals surface area contributed by atoms with Crippen LogP contribution in [0.1, 0.15) is 128 Å². The Hall–Kier alpha value is -1.87. The summed E-state index contributed by atoms with van der Waals surface area (Å²) in [5.74, 6) is -6.84. The van der Waals surface area contributed by atoms with Crippen LogP contribution in [-0.4, -0.2) is 105 Å². The van der Waals surface area contributed by atoms with Crippen LogP contribution in [0.4, 0.5) is 0 Å². The van der Waals surface area contributed by atoms with E-state index in [0.717, 1.165) is 25.7 Å². The van der Waals surface area contributed by atoms with Crippen molar-refractivity contribution in [3.05, 3.63) is 0 Å². The van der Waals surface area contributed by atoms with Crippen LogP contribution < -0.4 is 0 Å². The van der Waals surface area contributed by atoms with Gasteiger partial charge in [0, 0.05) is 37.0 Å². The van der Waals surface area contributed by atoms with Gasteiger partial charge in [-0.3, -0.25) is 14.4 Å². The second-order valence-corrected chi connectivity index (χ2v) is 18.4. The molecule has 0 aromatic carbocycles. The van der Waals surface area contributed by atoms with Crippen LogP contribution in [0, 0.1) is 41.4 Å². The highest BCUT2D eigenvalue weighted by Crippen LogP contribution is 2.54. The SMILES string of the molecule is CCC(=O)O[C@H]([C@H](C)[C@H]1O[C@@]2(CC[C@@](C)([C@H]3CC[C@@](C)(C4O[C@@H]([C@H]5O[C@@](O)(CO)[C@H](C)C[C@@H]5C)C[C@@H]4C)O3)O2)C[C@H](OC(=O)C(C)C)[C@H]1C)[C@@H](C)C(=O)O. The summed E-state index contributed by atoms with van der Waals surface area (Å²) in [5, 5.41) is 30.9. The van der Waals surface area contributed by atoms with Gasteiger partial charge in [-0.25, -0.2) is 0 Å². The van der Waals surface area contributed by atoms with Gasteiger partial charge in [-0.05, 0) is 64.7 Å². The molecule has 54 heavy (non-hydrogen) atoms. The number of esters is 2. The van der Waals surface area contributed by atoms with Crippen LogP contribution in [0.3, 0.4) is 0 Å².